The molecule has 1 aliphatic rings. The van der Waals surface area contributed by atoms with Crippen LogP contribution in [0.1, 0.15) is 30.5 Å². The van der Waals surface area contributed by atoms with Crippen LogP contribution in [0.5, 0.6) is 0 Å². The number of fused-ring (bicyclic) bond motifs is 2. The van der Waals surface area contributed by atoms with Crippen molar-refractivity contribution in [2.45, 2.75) is 37.1 Å². The topological polar surface area (TPSA) is 63.2 Å². The number of carbonyl (C=O) groups is 1. The van der Waals surface area contributed by atoms with Gasteiger partial charge in [0.25, 0.3) is 0 Å². The molecule has 0 bridgehead atoms. The van der Waals surface area contributed by atoms with Gasteiger partial charge in [0.05, 0.1) is 16.1 Å². The summed E-state index contributed by atoms with van der Waals surface area (Å²) in [7, 11) is -3.12. The number of rotatable bonds is 4. The number of hydrogen-bond donors (Lipinski definition) is 1. The summed E-state index contributed by atoms with van der Waals surface area (Å²) in [6.45, 7) is 4.21. The number of amides is 1. The molecule has 0 saturated heterocycles. The summed E-state index contributed by atoms with van der Waals surface area (Å²) >= 11 is 0. The van der Waals surface area contributed by atoms with E-state index in [2.05, 4.69) is 17.4 Å². The number of hydrogen-bond acceptors (Lipinski definition) is 3. The highest BCUT2D eigenvalue weighted by atomic mass is 32.2. The molecule has 0 spiro atoms. The van der Waals surface area contributed by atoms with Gasteiger partial charge in [-0.15, -0.1) is 0 Å². The van der Waals surface area contributed by atoms with Crippen molar-refractivity contribution in [3.05, 3.63) is 77.4 Å². The molecule has 1 amide bonds. The van der Waals surface area contributed by atoms with Crippen molar-refractivity contribution in [3.8, 4) is 0 Å². The minimum atomic E-state index is -3.12. The molecule has 0 aromatic heterocycles. The van der Waals surface area contributed by atoms with Crippen LogP contribution in [0.4, 0.5) is 0 Å². The molecular formula is C23H23NO3S. The molecule has 0 aliphatic carbocycles. The predicted octanol–water partition coefficient (Wildman–Crippen LogP) is 3.76. The monoisotopic (exact) mass is 393 g/mol. The SMILES string of the molecule is CC(C)(C(=O)NCc1ccc2c(c1)CCS2(=O)=O)c1ccc2ccccc2c1. The Labute approximate surface area is 165 Å². The van der Waals surface area contributed by atoms with Gasteiger partial charge in [0, 0.05) is 6.54 Å². The minimum Gasteiger partial charge on any atom is -0.351 e. The van der Waals surface area contributed by atoms with Crippen molar-refractivity contribution < 1.29 is 13.2 Å². The molecule has 5 heteroatoms. The lowest BCUT2D eigenvalue weighted by Crippen LogP contribution is -2.39. The lowest BCUT2D eigenvalue weighted by molar-refractivity contribution is -0.125. The maximum Gasteiger partial charge on any atom is 0.230 e. The third kappa shape index (κ3) is 3.31. The molecule has 3 aromatic carbocycles. The predicted molar refractivity (Wildman–Crippen MR) is 111 cm³/mol. The van der Waals surface area contributed by atoms with Crippen molar-refractivity contribution in [2.24, 2.45) is 0 Å². The van der Waals surface area contributed by atoms with E-state index in [0.717, 1.165) is 27.5 Å². The zero-order valence-electron chi connectivity index (χ0n) is 16.0. The summed E-state index contributed by atoms with van der Waals surface area (Å²) < 4.78 is 23.9. The Hall–Kier alpha value is -2.66. The molecule has 4 rings (SSSR count). The van der Waals surface area contributed by atoms with E-state index in [1.165, 1.54) is 0 Å². The quantitative estimate of drug-likeness (QED) is 0.734. The second-order valence-corrected chi connectivity index (χ2v) is 9.96. The number of benzene rings is 3. The summed E-state index contributed by atoms with van der Waals surface area (Å²) in [5.41, 5.74) is 2.05. The molecule has 3 aromatic rings. The normalized spacial score (nSPS) is 15.4. The largest absolute Gasteiger partial charge is 0.351 e. The smallest absolute Gasteiger partial charge is 0.230 e. The molecule has 0 atom stereocenters. The first-order valence-electron chi connectivity index (χ1n) is 9.39. The van der Waals surface area contributed by atoms with Crippen molar-refractivity contribution in [1.29, 1.82) is 0 Å². The lowest BCUT2D eigenvalue weighted by Gasteiger charge is -2.25. The second-order valence-electron chi connectivity index (χ2n) is 7.88. The molecule has 4 nitrogen and oxygen atoms in total. The molecule has 1 N–H and O–H groups in total. The van der Waals surface area contributed by atoms with Gasteiger partial charge in [0.2, 0.25) is 5.91 Å². The third-order valence-corrected chi connectivity index (χ3v) is 7.40. The van der Waals surface area contributed by atoms with E-state index in [4.69, 9.17) is 0 Å². The molecule has 0 fully saturated rings. The van der Waals surface area contributed by atoms with Crippen molar-refractivity contribution in [2.75, 3.05) is 5.75 Å². The zero-order chi connectivity index (χ0) is 19.9. The first-order chi connectivity index (χ1) is 13.3. The summed E-state index contributed by atoms with van der Waals surface area (Å²) in [5, 5.41) is 5.27. The van der Waals surface area contributed by atoms with Gasteiger partial charge in [-0.3, -0.25) is 4.79 Å². The van der Waals surface area contributed by atoms with E-state index in [9.17, 15) is 13.2 Å². The van der Waals surface area contributed by atoms with Gasteiger partial charge in [-0.25, -0.2) is 8.42 Å². The van der Waals surface area contributed by atoms with Gasteiger partial charge in [-0.05, 0) is 53.8 Å². The molecule has 0 saturated carbocycles. The van der Waals surface area contributed by atoms with Crippen molar-refractivity contribution >= 4 is 26.5 Å². The standard InChI is InChI=1S/C23H23NO3S/c1-23(2,20-9-8-17-5-3-4-6-18(17)14-20)22(25)24-15-16-7-10-21-19(13-16)11-12-28(21,26)27/h3-10,13-14H,11-12,15H2,1-2H3,(H,24,25). The highest BCUT2D eigenvalue weighted by Gasteiger charge is 2.30. The Balaban J connectivity index is 1.51. The first-order valence-corrected chi connectivity index (χ1v) is 11.0. The van der Waals surface area contributed by atoms with Crippen LogP contribution in [0.3, 0.4) is 0 Å². The van der Waals surface area contributed by atoms with Crippen LogP contribution in [0, 0.1) is 0 Å². The first kappa shape index (κ1) is 18.7. The van der Waals surface area contributed by atoms with Crippen LogP contribution in [-0.2, 0) is 33.0 Å². The maximum absolute atomic E-state index is 12.9. The fourth-order valence-electron chi connectivity index (χ4n) is 3.71. The third-order valence-electron chi connectivity index (χ3n) is 5.59. The van der Waals surface area contributed by atoms with Crippen LogP contribution in [-0.4, -0.2) is 20.1 Å². The molecule has 0 radical (unpaired) electrons. The summed E-state index contributed by atoms with van der Waals surface area (Å²) in [4.78, 5) is 13.3. The van der Waals surface area contributed by atoms with Gasteiger partial charge in [-0.2, -0.15) is 0 Å². The number of aryl methyl sites for hydroxylation is 1. The Morgan fingerprint density at radius 2 is 1.75 bits per heavy atom. The van der Waals surface area contributed by atoms with Gasteiger partial charge in [0.1, 0.15) is 0 Å². The average molecular weight is 394 g/mol. The summed E-state index contributed by atoms with van der Waals surface area (Å²) in [6.07, 6.45) is 0.544. The fourth-order valence-corrected chi connectivity index (χ4v) is 5.25. The van der Waals surface area contributed by atoms with E-state index in [1.807, 2.05) is 50.2 Å². The molecular weight excluding hydrogens is 370 g/mol. The Bertz CT molecular complexity index is 1180. The minimum absolute atomic E-state index is 0.0594. The van der Waals surface area contributed by atoms with E-state index in [0.29, 0.717) is 17.9 Å². The van der Waals surface area contributed by atoms with Crippen LogP contribution in [0.2, 0.25) is 0 Å². The van der Waals surface area contributed by atoms with E-state index >= 15 is 0 Å². The fraction of sp³-hybridized carbons (Fsp3) is 0.261. The number of carbonyl (C=O) groups excluding carboxylic acids is 1. The number of sulfone groups is 1. The second kappa shape index (κ2) is 6.74. The zero-order valence-corrected chi connectivity index (χ0v) is 16.8. The molecule has 1 heterocycles. The Morgan fingerprint density at radius 3 is 2.54 bits per heavy atom. The maximum atomic E-state index is 12.9. The molecule has 28 heavy (non-hydrogen) atoms. The van der Waals surface area contributed by atoms with E-state index in [1.54, 1.807) is 12.1 Å². The van der Waals surface area contributed by atoms with Gasteiger partial charge < -0.3 is 5.32 Å². The van der Waals surface area contributed by atoms with E-state index < -0.39 is 15.3 Å². The molecule has 1 aliphatic heterocycles. The van der Waals surface area contributed by atoms with Gasteiger partial charge >= 0.3 is 0 Å². The van der Waals surface area contributed by atoms with Crippen molar-refractivity contribution in [1.82, 2.24) is 5.32 Å². The molecule has 144 valence electrons. The van der Waals surface area contributed by atoms with Crippen LogP contribution in [0.25, 0.3) is 10.8 Å². The molecule has 0 unspecified atom stereocenters. The lowest BCUT2D eigenvalue weighted by atomic mass is 9.82. The van der Waals surface area contributed by atoms with Crippen LogP contribution >= 0.6 is 0 Å². The van der Waals surface area contributed by atoms with E-state index in [-0.39, 0.29) is 11.7 Å². The average Bonchev–Trinajstić information content (AvgIpc) is 3.00. The summed E-state index contributed by atoms with van der Waals surface area (Å²) in [5.74, 6) is 0.114. The van der Waals surface area contributed by atoms with Crippen LogP contribution in [0.15, 0.2) is 65.6 Å². The highest BCUT2D eigenvalue weighted by Crippen LogP contribution is 2.28. The highest BCUT2D eigenvalue weighted by molar-refractivity contribution is 7.91. The van der Waals surface area contributed by atoms with Crippen molar-refractivity contribution in [3.63, 3.8) is 0 Å². The van der Waals surface area contributed by atoms with Gasteiger partial charge in [-0.1, -0.05) is 54.6 Å². The Morgan fingerprint density at radius 1 is 1.00 bits per heavy atom. The van der Waals surface area contributed by atoms with Gasteiger partial charge in [0.15, 0.2) is 9.84 Å². The summed E-state index contributed by atoms with van der Waals surface area (Å²) in [6, 6.07) is 19.5. The number of nitrogens with one attached hydrogen (secondary N) is 1. The van der Waals surface area contributed by atoms with Crippen LogP contribution < -0.4 is 5.32 Å². The Kier molecular flexibility index (Phi) is 4.50.